The van der Waals surface area contributed by atoms with E-state index in [1.165, 1.54) is 19.3 Å². The van der Waals surface area contributed by atoms with E-state index >= 15 is 0 Å². The van der Waals surface area contributed by atoms with Crippen molar-refractivity contribution in [2.75, 3.05) is 19.6 Å². The molecule has 3 nitrogen and oxygen atoms in total. The lowest BCUT2D eigenvalue weighted by Crippen LogP contribution is -2.52. The molecule has 0 bridgehead atoms. The zero-order valence-electron chi connectivity index (χ0n) is 14.2. The van der Waals surface area contributed by atoms with Crippen LogP contribution < -0.4 is 5.32 Å². The van der Waals surface area contributed by atoms with Crippen LogP contribution in [0.25, 0.3) is 0 Å². The van der Waals surface area contributed by atoms with E-state index in [0.29, 0.717) is 11.5 Å². The standard InChI is InChI=1S/C18H32N2O/c1-5-19-17-15(9-7-11-18(17,3)4)13-20(6-2)14-16-10-8-12-21-16/h8,10,12,15,17,19H,5-7,9,11,13-14H2,1-4H3. The highest BCUT2D eigenvalue weighted by Crippen LogP contribution is 2.39. The smallest absolute Gasteiger partial charge is 0.117 e. The van der Waals surface area contributed by atoms with Gasteiger partial charge in [0.15, 0.2) is 0 Å². The fourth-order valence-corrected chi connectivity index (χ4v) is 3.90. The summed E-state index contributed by atoms with van der Waals surface area (Å²) in [6.07, 6.45) is 5.81. The van der Waals surface area contributed by atoms with Crippen LogP contribution in [0.5, 0.6) is 0 Å². The number of hydrogen-bond acceptors (Lipinski definition) is 3. The van der Waals surface area contributed by atoms with Crippen molar-refractivity contribution in [1.82, 2.24) is 10.2 Å². The summed E-state index contributed by atoms with van der Waals surface area (Å²) in [5.74, 6) is 1.82. The predicted molar refractivity (Wildman–Crippen MR) is 88.2 cm³/mol. The highest BCUT2D eigenvalue weighted by Gasteiger charge is 2.38. The monoisotopic (exact) mass is 292 g/mol. The number of rotatable bonds is 7. The molecular formula is C18H32N2O. The molecule has 1 aromatic heterocycles. The minimum Gasteiger partial charge on any atom is -0.468 e. The average Bonchev–Trinajstić information content (AvgIpc) is 2.94. The highest BCUT2D eigenvalue weighted by atomic mass is 16.3. The molecule has 2 rings (SSSR count). The Morgan fingerprint density at radius 1 is 1.38 bits per heavy atom. The van der Waals surface area contributed by atoms with E-state index < -0.39 is 0 Å². The van der Waals surface area contributed by atoms with Crippen molar-refractivity contribution in [2.24, 2.45) is 11.3 Å². The second-order valence-corrected chi connectivity index (χ2v) is 7.08. The summed E-state index contributed by atoms with van der Waals surface area (Å²) >= 11 is 0. The van der Waals surface area contributed by atoms with Crippen LogP contribution in [-0.2, 0) is 6.54 Å². The van der Waals surface area contributed by atoms with Crippen molar-refractivity contribution in [1.29, 1.82) is 0 Å². The molecule has 0 amide bonds. The maximum Gasteiger partial charge on any atom is 0.117 e. The van der Waals surface area contributed by atoms with Gasteiger partial charge in [0.05, 0.1) is 12.8 Å². The first kappa shape index (κ1) is 16.6. The molecule has 2 atom stereocenters. The Kier molecular flexibility index (Phi) is 5.88. The van der Waals surface area contributed by atoms with Gasteiger partial charge in [0.2, 0.25) is 0 Å². The molecular weight excluding hydrogens is 260 g/mol. The van der Waals surface area contributed by atoms with Crippen LogP contribution in [0.15, 0.2) is 22.8 Å². The molecule has 1 saturated carbocycles. The van der Waals surface area contributed by atoms with Gasteiger partial charge in [-0.3, -0.25) is 4.90 Å². The van der Waals surface area contributed by atoms with Crippen LogP contribution >= 0.6 is 0 Å². The van der Waals surface area contributed by atoms with Crippen LogP contribution in [0, 0.1) is 11.3 Å². The molecule has 1 fully saturated rings. The summed E-state index contributed by atoms with van der Waals surface area (Å²) in [4.78, 5) is 2.52. The van der Waals surface area contributed by atoms with E-state index in [-0.39, 0.29) is 0 Å². The van der Waals surface area contributed by atoms with Crippen LogP contribution in [0.2, 0.25) is 0 Å². The SMILES string of the molecule is CCNC1C(CN(CC)Cc2ccco2)CCCC1(C)C. The lowest BCUT2D eigenvalue weighted by molar-refractivity contribution is 0.0771. The maximum absolute atomic E-state index is 5.51. The van der Waals surface area contributed by atoms with Gasteiger partial charge in [-0.05, 0) is 49.4 Å². The second-order valence-electron chi connectivity index (χ2n) is 7.08. The summed E-state index contributed by atoms with van der Waals surface area (Å²) in [6.45, 7) is 13.6. The van der Waals surface area contributed by atoms with Crippen molar-refractivity contribution in [3.8, 4) is 0 Å². The Balaban J connectivity index is 2.00. The van der Waals surface area contributed by atoms with Crippen molar-refractivity contribution in [2.45, 2.75) is 59.5 Å². The number of furan rings is 1. The van der Waals surface area contributed by atoms with E-state index in [2.05, 4.69) is 44.0 Å². The van der Waals surface area contributed by atoms with E-state index in [4.69, 9.17) is 4.42 Å². The first-order valence-corrected chi connectivity index (χ1v) is 8.55. The maximum atomic E-state index is 5.51. The summed E-state index contributed by atoms with van der Waals surface area (Å²) in [6, 6.07) is 4.69. The molecule has 1 heterocycles. The normalized spacial score (nSPS) is 25.4. The number of nitrogens with one attached hydrogen (secondary N) is 1. The third kappa shape index (κ3) is 4.33. The minimum atomic E-state index is 0.406. The average molecular weight is 292 g/mol. The van der Waals surface area contributed by atoms with Crippen LogP contribution in [-0.4, -0.2) is 30.6 Å². The molecule has 1 aliphatic carbocycles. The Bertz CT molecular complexity index is 399. The quantitative estimate of drug-likeness (QED) is 0.826. The van der Waals surface area contributed by atoms with E-state index in [1.807, 2.05) is 6.07 Å². The zero-order valence-corrected chi connectivity index (χ0v) is 14.2. The number of nitrogens with zero attached hydrogens (tertiary/aromatic N) is 1. The van der Waals surface area contributed by atoms with Crippen LogP contribution in [0.4, 0.5) is 0 Å². The second kappa shape index (κ2) is 7.46. The summed E-state index contributed by atoms with van der Waals surface area (Å²) < 4.78 is 5.51. The Labute approximate surface area is 130 Å². The van der Waals surface area contributed by atoms with Gasteiger partial charge in [0, 0.05) is 12.6 Å². The third-order valence-electron chi connectivity index (χ3n) is 5.03. The molecule has 3 heteroatoms. The molecule has 0 radical (unpaired) electrons. The molecule has 2 unspecified atom stereocenters. The minimum absolute atomic E-state index is 0.406. The van der Waals surface area contributed by atoms with Gasteiger partial charge in [-0.2, -0.15) is 0 Å². The van der Waals surface area contributed by atoms with Gasteiger partial charge in [-0.1, -0.05) is 34.1 Å². The van der Waals surface area contributed by atoms with Gasteiger partial charge in [-0.15, -0.1) is 0 Å². The topological polar surface area (TPSA) is 28.4 Å². The van der Waals surface area contributed by atoms with Crippen LogP contribution in [0.1, 0.15) is 52.7 Å². The first-order valence-electron chi connectivity index (χ1n) is 8.55. The van der Waals surface area contributed by atoms with Gasteiger partial charge in [0.25, 0.3) is 0 Å². The largest absolute Gasteiger partial charge is 0.468 e. The van der Waals surface area contributed by atoms with Gasteiger partial charge in [-0.25, -0.2) is 0 Å². The predicted octanol–water partition coefficient (Wildman–Crippen LogP) is 3.91. The van der Waals surface area contributed by atoms with E-state index in [9.17, 15) is 0 Å². The van der Waals surface area contributed by atoms with Gasteiger partial charge in [0.1, 0.15) is 5.76 Å². The molecule has 0 aromatic carbocycles. The van der Waals surface area contributed by atoms with E-state index in [1.54, 1.807) is 6.26 Å². The fraction of sp³-hybridized carbons (Fsp3) is 0.778. The Hall–Kier alpha value is -0.800. The molecule has 0 saturated heterocycles. The molecule has 0 spiro atoms. The molecule has 120 valence electrons. The Morgan fingerprint density at radius 2 is 2.19 bits per heavy atom. The van der Waals surface area contributed by atoms with Gasteiger partial charge < -0.3 is 9.73 Å². The van der Waals surface area contributed by atoms with E-state index in [0.717, 1.165) is 37.9 Å². The first-order chi connectivity index (χ1) is 10.1. The van der Waals surface area contributed by atoms with Crippen molar-refractivity contribution in [3.63, 3.8) is 0 Å². The molecule has 1 aliphatic rings. The summed E-state index contributed by atoms with van der Waals surface area (Å²) in [5, 5.41) is 3.76. The fourth-order valence-electron chi connectivity index (χ4n) is 3.90. The lowest BCUT2D eigenvalue weighted by atomic mass is 9.67. The molecule has 21 heavy (non-hydrogen) atoms. The van der Waals surface area contributed by atoms with Crippen LogP contribution in [0.3, 0.4) is 0 Å². The van der Waals surface area contributed by atoms with Gasteiger partial charge >= 0.3 is 0 Å². The lowest BCUT2D eigenvalue weighted by Gasteiger charge is -2.46. The highest BCUT2D eigenvalue weighted by molar-refractivity contribution is 4.99. The molecule has 0 aliphatic heterocycles. The summed E-state index contributed by atoms with van der Waals surface area (Å²) in [7, 11) is 0. The zero-order chi connectivity index (χ0) is 15.3. The summed E-state index contributed by atoms with van der Waals surface area (Å²) in [5.41, 5.74) is 0.406. The molecule has 1 aromatic rings. The van der Waals surface area contributed by atoms with Crippen molar-refractivity contribution >= 4 is 0 Å². The Morgan fingerprint density at radius 3 is 2.81 bits per heavy atom. The third-order valence-corrected chi connectivity index (χ3v) is 5.03. The molecule has 1 N–H and O–H groups in total. The van der Waals surface area contributed by atoms with Crippen molar-refractivity contribution in [3.05, 3.63) is 24.2 Å². The number of hydrogen-bond donors (Lipinski definition) is 1. The van der Waals surface area contributed by atoms with Crippen molar-refractivity contribution < 1.29 is 4.42 Å².